The Morgan fingerprint density at radius 1 is 1.22 bits per heavy atom. The number of aryl methyl sites for hydroxylation is 1. The van der Waals surface area contributed by atoms with Gasteiger partial charge in [-0.15, -0.1) is 0 Å². The predicted molar refractivity (Wildman–Crippen MR) is 102 cm³/mol. The Hall–Kier alpha value is -2.90. The van der Waals surface area contributed by atoms with Crippen LogP contribution >= 0.6 is 0 Å². The van der Waals surface area contributed by atoms with Crippen LogP contribution in [0.3, 0.4) is 0 Å². The predicted octanol–water partition coefficient (Wildman–Crippen LogP) is 2.08. The van der Waals surface area contributed by atoms with Crippen LogP contribution in [0, 0.1) is 12.7 Å². The molecule has 1 N–H and O–H groups in total. The van der Waals surface area contributed by atoms with Gasteiger partial charge in [0.2, 0.25) is 5.95 Å². The number of ether oxygens (including phenoxy) is 1. The number of aromatic nitrogens is 2. The van der Waals surface area contributed by atoms with E-state index in [1.165, 1.54) is 12.1 Å². The number of carbonyl (C=O) groups is 1. The summed E-state index contributed by atoms with van der Waals surface area (Å²) in [4.78, 5) is 25.1. The molecule has 1 aliphatic rings. The molecule has 2 heterocycles. The SMILES string of the molecule is CCNc1nc(C)cc(N2CCN(C(=O)COc3ccccc3F)CC2)n1. The first-order chi connectivity index (χ1) is 13.1. The highest BCUT2D eigenvalue weighted by Gasteiger charge is 2.23. The number of piperazine rings is 1. The molecule has 0 atom stereocenters. The van der Waals surface area contributed by atoms with Gasteiger partial charge < -0.3 is 19.9 Å². The summed E-state index contributed by atoms with van der Waals surface area (Å²) < 4.78 is 18.9. The van der Waals surface area contributed by atoms with Crippen LogP contribution in [0.2, 0.25) is 0 Å². The molecule has 0 spiro atoms. The number of halogens is 1. The number of nitrogens with zero attached hydrogens (tertiary/aromatic N) is 4. The summed E-state index contributed by atoms with van der Waals surface area (Å²) in [6, 6.07) is 8.02. The maximum absolute atomic E-state index is 13.6. The molecule has 27 heavy (non-hydrogen) atoms. The largest absolute Gasteiger partial charge is 0.481 e. The van der Waals surface area contributed by atoms with E-state index in [0.717, 1.165) is 18.1 Å². The van der Waals surface area contributed by atoms with Gasteiger partial charge in [0, 0.05) is 44.5 Å². The molecule has 0 radical (unpaired) electrons. The maximum Gasteiger partial charge on any atom is 0.260 e. The molecule has 1 aromatic carbocycles. The van der Waals surface area contributed by atoms with E-state index in [-0.39, 0.29) is 18.3 Å². The van der Waals surface area contributed by atoms with Crippen LogP contribution in [-0.4, -0.2) is 60.1 Å². The zero-order chi connectivity index (χ0) is 19.2. The normalized spacial score (nSPS) is 14.2. The average Bonchev–Trinajstić information content (AvgIpc) is 2.67. The molecule has 2 aromatic rings. The third kappa shape index (κ3) is 4.84. The first-order valence-electron chi connectivity index (χ1n) is 9.06. The van der Waals surface area contributed by atoms with E-state index in [2.05, 4.69) is 20.2 Å². The summed E-state index contributed by atoms with van der Waals surface area (Å²) in [5.74, 6) is 0.949. The van der Waals surface area contributed by atoms with Gasteiger partial charge in [-0.3, -0.25) is 4.79 Å². The summed E-state index contributed by atoms with van der Waals surface area (Å²) in [6.07, 6.45) is 0. The van der Waals surface area contributed by atoms with E-state index in [1.54, 1.807) is 17.0 Å². The Bertz CT molecular complexity index is 793. The molecular weight excluding hydrogens is 349 g/mol. The van der Waals surface area contributed by atoms with Crippen molar-refractivity contribution in [3.05, 3.63) is 41.8 Å². The first kappa shape index (κ1) is 18.9. The number of anilines is 2. The second-order valence-corrected chi connectivity index (χ2v) is 6.31. The number of benzene rings is 1. The van der Waals surface area contributed by atoms with Gasteiger partial charge in [-0.05, 0) is 26.0 Å². The fraction of sp³-hybridized carbons (Fsp3) is 0.421. The summed E-state index contributed by atoms with van der Waals surface area (Å²) in [5.41, 5.74) is 0.896. The number of hydrogen-bond acceptors (Lipinski definition) is 6. The standard InChI is InChI=1S/C19H24FN5O2/c1-3-21-19-22-14(2)12-17(23-19)24-8-10-25(11-9-24)18(26)13-27-16-7-5-4-6-15(16)20/h4-7,12H,3,8-11,13H2,1-2H3,(H,21,22,23). The Morgan fingerprint density at radius 3 is 2.67 bits per heavy atom. The second-order valence-electron chi connectivity index (χ2n) is 6.31. The molecule has 1 aromatic heterocycles. The quantitative estimate of drug-likeness (QED) is 0.836. The minimum Gasteiger partial charge on any atom is -0.481 e. The van der Waals surface area contributed by atoms with Gasteiger partial charge in [0.05, 0.1) is 0 Å². The van der Waals surface area contributed by atoms with Crippen LogP contribution in [-0.2, 0) is 4.79 Å². The molecule has 1 saturated heterocycles. The van der Waals surface area contributed by atoms with Gasteiger partial charge in [-0.1, -0.05) is 12.1 Å². The Labute approximate surface area is 158 Å². The van der Waals surface area contributed by atoms with Crippen molar-refractivity contribution in [1.82, 2.24) is 14.9 Å². The molecule has 0 aliphatic carbocycles. The highest BCUT2D eigenvalue weighted by Crippen LogP contribution is 2.18. The molecular formula is C19H24FN5O2. The fourth-order valence-corrected chi connectivity index (χ4v) is 2.93. The third-order valence-corrected chi connectivity index (χ3v) is 4.32. The van der Waals surface area contributed by atoms with Gasteiger partial charge in [0.1, 0.15) is 5.82 Å². The molecule has 0 bridgehead atoms. The number of rotatable bonds is 6. The molecule has 144 valence electrons. The Kier molecular flexibility index (Phi) is 6.05. The Balaban J connectivity index is 1.54. The molecule has 1 fully saturated rings. The van der Waals surface area contributed by atoms with E-state index < -0.39 is 5.82 Å². The van der Waals surface area contributed by atoms with Gasteiger partial charge in [-0.25, -0.2) is 9.37 Å². The van der Waals surface area contributed by atoms with Crippen LogP contribution in [0.4, 0.5) is 16.2 Å². The van der Waals surface area contributed by atoms with Crippen LogP contribution < -0.4 is 15.0 Å². The first-order valence-corrected chi connectivity index (χ1v) is 9.06. The highest BCUT2D eigenvalue weighted by molar-refractivity contribution is 5.78. The van der Waals surface area contributed by atoms with Crippen molar-refractivity contribution < 1.29 is 13.9 Å². The summed E-state index contributed by atoms with van der Waals surface area (Å²) in [5, 5.41) is 3.13. The van der Waals surface area contributed by atoms with E-state index >= 15 is 0 Å². The molecule has 7 nitrogen and oxygen atoms in total. The molecule has 0 saturated carbocycles. The van der Waals surface area contributed by atoms with Gasteiger partial charge in [0.25, 0.3) is 5.91 Å². The lowest BCUT2D eigenvalue weighted by Crippen LogP contribution is -2.50. The number of para-hydroxylation sites is 1. The van der Waals surface area contributed by atoms with Crippen molar-refractivity contribution in [2.75, 3.05) is 49.5 Å². The van der Waals surface area contributed by atoms with Crippen molar-refractivity contribution in [3.8, 4) is 5.75 Å². The van der Waals surface area contributed by atoms with Crippen LogP contribution in [0.25, 0.3) is 0 Å². The number of amides is 1. The van der Waals surface area contributed by atoms with E-state index in [4.69, 9.17) is 4.74 Å². The second kappa shape index (κ2) is 8.66. The summed E-state index contributed by atoms with van der Waals surface area (Å²) in [7, 11) is 0. The molecule has 3 rings (SSSR count). The van der Waals surface area contributed by atoms with Gasteiger partial charge in [-0.2, -0.15) is 4.98 Å². The lowest BCUT2D eigenvalue weighted by molar-refractivity contribution is -0.133. The van der Waals surface area contributed by atoms with Crippen molar-refractivity contribution in [3.63, 3.8) is 0 Å². The zero-order valence-electron chi connectivity index (χ0n) is 15.6. The zero-order valence-corrected chi connectivity index (χ0v) is 15.6. The van der Waals surface area contributed by atoms with Crippen molar-refractivity contribution in [2.24, 2.45) is 0 Å². The molecule has 1 aliphatic heterocycles. The van der Waals surface area contributed by atoms with Crippen LogP contribution in [0.1, 0.15) is 12.6 Å². The fourth-order valence-electron chi connectivity index (χ4n) is 2.93. The monoisotopic (exact) mass is 373 g/mol. The molecule has 0 unspecified atom stereocenters. The number of carbonyl (C=O) groups excluding carboxylic acids is 1. The smallest absolute Gasteiger partial charge is 0.260 e. The minimum absolute atomic E-state index is 0.0944. The van der Waals surface area contributed by atoms with E-state index in [0.29, 0.717) is 32.1 Å². The topological polar surface area (TPSA) is 70.6 Å². The summed E-state index contributed by atoms with van der Waals surface area (Å²) in [6.45, 7) is 7.01. The van der Waals surface area contributed by atoms with Crippen molar-refractivity contribution in [1.29, 1.82) is 0 Å². The van der Waals surface area contributed by atoms with Crippen molar-refractivity contribution in [2.45, 2.75) is 13.8 Å². The molecule has 8 heteroatoms. The molecule has 1 amide bonds. The lowest BCUT2D eigenvalue weighted by atomic mass is 10.3. The van der Waals surface area contributed by atoms with Gasteiger partial charge >= 0.3 is 0 Å². The number of nitrogens with one attached hydrogen (secondary N) is 1. The third-order valence-electron chi connectivity index (χ3n) is 4.32. The summed E-state index contributed by atoms with van der Waals surface area (Å²) >= 11 is 0. The number of hydrogen-bond donors (Lipinski definition) is 1. The van der Waals surface area contributed by atoms with Crippen LogP contribution in [0.5, 0.6) is 5.75 Å². The van der Waals surface area contributed by atoms with E-state index in [9.17, 15) is 9.18 Å². The van der Waals surface area contributed by atoms with E-state index in [1.807, 2.05) is 19.9 Å². The highest BCUT2D eigenvalue weighted by atomic mass is 19.1. The lowest BCUT2D eigenvalue weighted by Gasteiger charge is -2.35. The van der Waals surface area contributed by atoms with Crippen LogP contribution in [0.15, 0.2) is 30.3 Å². The Morgan fingerprint density at radius 2 is 1.96 bits per heavy atom. The van der Waals surface area contributed by atoms with Gasteiger partial charge in [0.15, 0.2) is 18.2 Å². The van der Waals surface area contributed by atoms with Crippen molar-refractivity contribution >= 4 is 17.7 Å². The average molecular weight is 373 g/mol. The maximum atomic E-state index is 13.6. The minimum atomic E-state index is -0.467.